The molecule has 0 radical (unpaired) electrons. The summed E-state index contributed by atoms with van der Waals surface area (Å²) in [5, 5.41) is 19.1. The summed E-state index contributed by atoms with van der Waals surface area (Å²) >= 11 is 5.92. The monoisotopic (exact) mass is 544 g/mol. The van der Waals surface area contributed by atoms with Crippen LogP contribution in [0.1, 0.15) is 16.7 Å². The lowest BCUT2D eigenvalue weighted by Gasteiger charge is -2.30. The van der Waals surface area contributed by atoms with Crippen LogP contribution < -0.4 is 21.4 Å². The fraction of sp³-hybridized carbons (Fsp3) is 0.192. The summed E-state index contributed by atoms with van der Waals surface area (Å²) in [6.07, 6.45) is -0.518. The number of carbonyl (C=O) groups excluding carboxylic acids is 1. The highest BCUT2D eigenvalue weighted by molar-refractivity contribution is 6.30. The van der Waals surface area contributed by atoms with Gasteiger partial charge in [-0.1, -0.05) is 41.9 Å². The van der Waals surface area contributed by atoms with E-state index in [1.165, 1.54) is 30.3 Å². The highest BCUT2D eigenvalue weighted by atomic mass is 35.5. The number of hydroxylamine groups is 1. The number of nitrogens with two attached hydrogens (primary N) is 1. The van der Waals surface area contributed by atoms with E-state index in [0.29, 0.717) is 0 Å². The second-order valence-electron chi connectivity index (χ2n) is 8.06. The Bertz CT molecular complexity index is 1330. The van der Waals surface area contributed by atoms with Crippen LogP contribution >= 0.6 is 11.6 Å². The minimum atomic E-state index is -3.44. The number of para-hydroxylation sites is 1. The smallest absolute Gasteiger partial charge is 0.290 e. The van der Waals surface area contributed by atoms with Crippen molar-refractivity contribution in [1.29, 1.82) is 10.7 Å². The maximum absolute atomic E-state index is 15.9. The van der Waals surface area contributed by atoms with Crippen molar-refractivity contribution in [2.75, 3.05) is 24.6 Å². The summed E-state index contributed by atoms with van der Waals surface area (Å²) in [5.74, 6) is -5.45. The summed E-state index contributed by atoms with van der Waals surface area (Å²) in [6.45, 7) is -0.976. The van der Waals surface area contributed by atoms with E-state index in [9.17, 15) is 10.1 Å². The summed E-state index contributed by atoms with van der Waals surface area (Å²) in [7, 11) is 0. The van der Waals surface area contributed by atoms with Gasteiger partial charge in [-0.2, -0.15) is 14.0 Å². The molecule has 0 atom stereocenters. The molecule has 0 saturated carbocycles. The Labute approximate surface area is 222 Å². The molecule has 1 amide bonds. The number of alkyl halides is 2. The molecule has 0 unspecified atom stereocenters. The van der Waals surface area contributed by atoms with Crippen LogP contribution in [0.5, 0.6) is 0 Å². The Morgan fingerprint density at radius 2 is 1.89 bits per heavy atom. The average Bonchev–Trinajstić information content (AvgIpc) is 2.89. The first-order chi connectivity index (χ1) is 18.1. The molecule has 0 heterocycles. The lowest BCUT2D eigenvalue weighted by molar-refractivity contribution is -0.120. The number of guanidine groups is 1. The van der Waals surface area contributed by atoms with Gasteiger partial charge in [0.05, 0.1) is 36.9 Å². The van der Waals surface area contributed by atoms with Gasteiger partial charge in [0, 0.05) is 28.4 Å². The molecule has 12 heteroatoms. The van der Waals surface area contributed by atoms with Gasteiger partial charge in [-0.05, 0) is 36.4 Å². The van der Waals surface area contributed by atoms with Crippen molar-refractivity contribution in [2.45, 2.75) is 12.3 Å². The van der Waals surface area contributed by atoms with Crippen LogP contribution in [0.3, 0.4) is 0 Å². The standard InChI is InChI=1S/C26H24ClF3N6O2/c27-19-6-4-5-18(13-19)26(29,30)16-36(20-7-2-1-3-8-20)22-10-9-17(15-31)21(24(22)28)14-23(37)34-11-12-38-35-25(32)33/h1-10,13H,11-12,14,16H2,(H,34,37)(H4,32,33,35). The van der Waals surface area contributed by atoms with E-state index in [1.54, 1.807) is 30.3 Å². The zero-order valence-electron chi connectivity index (χ0n) is 20.0. The Morgan fingerprint density at radius 3 is 2.55 bits per heavy atom. The Kier molecular flexibility index (Phi) is 9.54. The Morgan fingerprint density at radius 1 is 1.16 bits per heavy atom. The fourth-order valence-corrected chi connectivity index (χ4v) is 3.81. The molecule has 3 aromatic carbocycles. The first-order valence-electron chi connectivity index (χ1n) is 11.3. The van der Waals surface area contributed by atoms with Crippen LogP contribution in [0, 0.1) is 22.6 Å². The van der Waals surface area contributed by atoms with E-state index >= 15 is 13.2 Å². The third kappa shape index (κ3) is 7.38. The number of halogens is 4. The maximum Gasteiger partial charge on any atom is 0.290 e. The van der Waals surface area contributed by atoms with E-state index in [0.717, 1.165) is 11.0 Å². The summed E-state index contributed by atoms with van der Waals surface area (Å²) < 4.78 is 46.7. The number of nitrogens with one attached hydrogen (secondary N) is 3. The third-order valence-corrected chi connectivity index (χ3v) is 5.59. The first-order valence-corrected chi connectivity index (χ1v) is 11.7. The molecular weight excluding hydrogens is 521 g/mol. The minimum Gasteiger partial charge on any atom is -0.368 e. The number of carbonyl (C=O) groups is 1. The quantitative estimate of drug-likeness (QED) is 0.123. The van der Waals surface area contributed by atoms with Gasteiger partial charge in [-0.25, -0.2) is 9.87 Å². The molecule has 3 aromatic rings. The highest BCUT2D eigenvalue weighted by Crippen LogP contribution is 2.37. The molecule has 8 nitrogen and oxygen atoms in total. The Hall–Kier alpha value is -4.27. The number of amides is 1. The van der Waals surface area contributed by atoms with E-state index < -0.39 is 36.6 Å². The van der Waals surface area contributed by atoms with Crippen molar-refractivity contribution in [2.24, 2.45) is 5.73 Å². The molecule has 0 aliphatic heterocycles. The van der Waals surface area contributed by atoms with E-state index in [2.05, 4.69) is 10.8 Å². The molecule has 0 fully saturated rings. The molecule has 3 rings (SSSR count). The van der Waals surface area contributed by atoms with Gasteiger partial charge in [0.25, 0.3) is 5.92 Å². The molecule has 0 aliphatic carbocycles. The Balaban J connectivity index is 1.92. The third-order valence-electron chi connectivity index (χ3n) is 5.35. The highest BCUT2D eigenvalue weighted by Gasteiger charge is 2.36. The summed E-state index contributed by atoms with van der Waals surface area (Å²) in [6, 6.07) is 17.6. The van der Waals surface area contributed by atoms with Gasteiger partial charge in [0.2, 0.25) is 11.9 Å². The SMILES string of the molecule is N#Cc1ccc(N(CC(F)(F)c2cccc(Cl)c2)c2ccccc2)c(F)c1CC(=O)NCCONC(=N)N. The predicted molar refractivity (Wildman–Crippen MR) is 138 cm³/mol. The van der Waals surface area contributed by atoms with E-state index in [4.69, 9.17) is 27.6 Å². The van der Waals surface area contributed by atoms with Crippen molar-refractivity contribution >= 4 is 34.8 Å². The molecule has 0 saturated heterocycles. The molecule has 5 N–H and O–H groups in total. The number of anilines is 2. The number of benzene rings is 3. The molecule has 0 spiro atoms. The van der Waals surface area contributed by atoms with Crippen molar-refractivity contribution in [3.8, 4) is 6.07 Å². The van der Waals surface area contributed by atoms with Crippen LogP contribution in [0.4, 0.5) is 24.5 Å². The van der Waals surface area contributed by atoms with Gasteiger partial charge in [-0.15, -0.1) is 0 Å². The van der Waals surface area contributed by atoms with Crippen LogP contribution in [-0.2, 0) is 22.0 Å². The molecule has 0 bridgehead atoms. The number of hydrogen-bond acceptors (Lipinski definition) is 5. The number of rotatable bonds is 11. The number of hydrogen-bond donors (Lipinski definition) is 4. The molecule has 198 valence electrons. The van der Waals surface area contributed by atoms with Crippen LogP contribution in [0.15, 0.2) is 66.7 Å². The molecule has 0 aromatic heterocycles. The van der Waals surface area contributed by atoms with Gasteiger partial charge < -0.3 is 16.0 Å². The van der Waals surface area contributed by atoms with Crippen molar-refractivity contribution in [1.82, 2.24) is 10.8 Å². The second-order valence-corrected chi connectivity index (χ2v) is 8.50. The summed E-state index contributed by atoms with van der Waals surface area (Å²) in [4.78, 5) is 18.4. The van der Waals surface area contributed by atoms with Crippen LogP contribution in [0.2, 0.25) is 5.02 Å². The topological polar surface area (TPSA) is 127 Å². The van der Waals surface area contributed by atoms with Gasteiger partial charge in [-0.3, -0.25) is 15.0 Å². The largest absolute Gasteiger partial charge is 0.368 e. The molecular formula is C26H24ClF3N6O2. The zero-order chi connectivity index (χ0) is 27.7. The fourth-order valence-electron chi connectivity index (χ4n) is 3.62. The van der Waals surface area contributed by atoms with E-state index in [1.807, 2.05) is 6.07 Å². The van der Waals surface area contributed by atoms with Gasteiger partial charge in [0.15, 0.2) is 5.82 Å². The lowest BCUT2D eigenvalue weighted by Crippen LogP contribution is -2.35. The molecule has 38 heavy (non-hydrogen) atoms. The van der Waals surface area contributed by atoms with E-state index in [-0.39, 0.29) is 46.2 Å². The maximum atomic E-state index is 15.9. The zero-order valence-corrected chi connectivity index (χ0v) is 20.7. The van der Waals surface area contributed by atoms with Crippen molar-refractivity contribution in [3.05, 3.63) is 94.3 Å². The summed E-state index contributed by atoms with van der Waals surface area (Å²) in [5.41, 5.74) is 6.53. The molecule has 0 aliphatic rings. The number of nitrogens with zero attached hydrogens (tertiary/aromatic N) is 2. The number of nitriles is 1. The van der Waals surface area contributed by atoms with Crippen molar-refractivity contribution < 1.29 is 22.8 Å². The second kappa shape index (κ2) is 12.8. The normalized spacial score (nSPS) is 10.9. The van der Waals surface area contributed by atoms with Crippen LogP contribution in [0.25, 0.3) is 0 Å². The minimum absolute atomic E-state index is 0.00427. The first kappa shape index (κ1) is 28.3. The van der Waals surface area contributed by atoms with Gasteiger partial charge >= 0.3 is 0 Å². The van der Waals surface area contributed by atoms with Gasteiger partial charge in [0.1, 0.15) is 0 Å². The lowest BCUT2D eigenvalue weighted by atomic mass is 10.0. The predicted octanol–water partition coefficient (Wildman–Crippen LogP) is 4.35. The van der Waals surface area contributed by atoms with Crippen LogP contribution in [-0.4, -0.2) is 31.6 Å². The average molecular weight is 545 g/mol. The van der Waals surface area contributed by atoms with Crippen molar-refractivity contribution in [3.63, 3.8) is 0 Å².